The Kier molecular flexibility index (Phi) is 5.86. The molecule has 0 bridgehead atoms. The van der Waals surface area contributed by atoms with Gasteiger partial charge in [-0.25, -0.2) is 5.43 Å². The van der Waals surface area contributed by atoms with Gasteiger partial charge in [0.2, 0.25) is 5.75 Å². The van der Waals surface area contributed by atoms with Gasteiger partial charge in [0, 0.05) is 16.7 Å². The van der Waals surface area contributed by atoms with Crippen LogP contribution in [0.1, 0.15) is 42.5 Å². The van der Waals surface area contributed by atoms with E-state index in [2.05, 4.69) is 20.7 Å². The summed E-state index contributed by atoms with van der Waals surface area (Å²) < 4.78 is 15.8. The highest BCUT2D eigenvalue weighted by molar-refractivity contribution is 5.93. The van der Waals surface area contributed by atoms with Crippen molar-refractivity contribution < 1.29 is 19.0 Å². The lowest BCUT2D eigenvalue weighted by molar-refractivity contribution is 0.0950. The molecule has 1 aromatic carbocycles. The molecule has 0 fully saturated rings. The van der Waals surface area contributed by atoms with Crippen LogP contribution in [0.4, 0.5) is 0 Å². The topological polar surface area (TPSA) is 97.8 Å². The van der Waals surface area contributed by atoms with Crippen molar-refractivity contribution in [3.8, 4) is 17.2 Å². The minimum atomic E-state index is -0.402. The van der Waals surface area contributed by atoms with Crippen molar-refractivity contribution in [1.82, 2.24) is 15.6 Å². The lowest BCUT2D eigenvalue weighted by atomic mass is 9.92. The predicted molar refractivity (Wildman–Crippen MR) is 98.4 cm³/mol. The summed E-state index contributed by atoms with van der Waals surface area (Å²) in [6.45, 7) is 6.10. The molecule has 1 heterocycles. The fourth-order valence-electron chi connectivity index (χ4n) is 2.22. The van der Waals surface area contributed by atoms with E-state index in [1.54, 1.807) is 18.2 Å². The molecule has 140 valence electrons. The van der Waals surface area contributed by atoms with Crippen molar-refractivity contribution in [3.63, 3.8) is 0 Å². The number of carbonyl (C=O) groups is 1. The molecular weight excluding hydrogens is 336 g/mol. The number of amides is 1. The lowest BCUT2D eigenvalue weighted by Crippen LogP contribution is -2.18. The molecule has 0 radical (unpaired) electrons. The zero-order valence-corrected chi connectivity index (χ0v) is 15.8. The molecule has 0 saturated carbocycles. The van der Waals surface area contributed by atoms with Gasteiger partial charge in [0.1, 0.15) is 0 Å². The Bertz CT molecular complexity index is 781. The van der Waals surface area contributed by atoms with Gasteiger partial charge in [-0.1, -0.05) is 20.8 Å². The first-order chi connectivity index (χ1) is 12.3. The maximum absolute atomic E-state index is 12.1. The van der Waals surface area contributed by atoms with Crippen LogP contribution in [0.2, 0.25) is 0 Å². The lowest BCUT2D eigenvalue weighted by Gasteiger charge is -2.14. The summed E-state index contributed by atoms with van der Waals surface area (Å²) in [5, 5.41) is 10.9. The minimum Gasteiger partial charge on any atom is -0.493 e. The third kappa shape index (κ3) is 4.33. The number of benzene rings is 1. The molecule has 0 aliphatic carbocycles. The van der Waals surface area contributed by atoms with Crippen molar-refractivity contribution in [3.05, 3.63) is 35.2 Å². The number of aromatic nitrogens is 2. The van der Waals surface area contributed by atoms with Gasteiger partial charge in [-0.2, -0.15) is 10.2 Å². The summed E-state index contributed by atoms with van der Waals surface area (Å²) in [6, 6.07) is 5.16. The molecule has 0 atom stereocenters. The molecule has 0 spiro atoms. The van der Waals surface area contributed by atoms with Gasteiger partial charge in [0.25, 0.3) is 5.91 Å². The summed E-state index contributed by atoms with van der Waals surface area (Å²) in [7, 11) is 4.60. The number of hydrazone groups is 1. The summed E-state index contributed by atoms with van der Waals surface area (Å²) in [5.41, 5.74) is 4.16. The molecule has 0 saturated heterocycles. The molecule has 2 rings (SSSR count). The minimum absolute atomic E-state index is 0.120. The molecule has 0 aliphatic rings. The zero-order chi connectivity index (χ0) is 19.3. The van der Waals surface area contributed by atoms with Crippen LogP contribution in [-0.2, 0) is 5.41 Å². The number of aromatic amines is 1. The largest absolute Gasteiger partial charge is 0.493 e. The van der Waals surface area contributed by atoms with Crippen molar-refractivity contribution in [2.24, 2.45) is 5.10 Å². The summed E-state index contributed by atoms with van der Waals surface area (Å²) in [4.78, 5) is 12.1. The van der Waals surface area contributed by atoms with E-state index in [4.69, 9.17) is 14.2 Å². The molecule has 0 aliphatic heterocycles. The van der Waals surface area contributed by atoms with Crippen LogP contribution in [0.5, 0.6) is 17.2 Å². The Balaban J connectivity index is 2.13. The van der Waals surface area contributed by atoms with E-state index in [0.717, 1.165) is 5.69 Å². The van der Waals surface area contributed by atoms with Gasteiger partial charge < -0.3 is 14.2 Å². The molecule has 1 amide bonds. The second-order valence-electron chi connectivity index (χ2n) is 6.57. The summed E-state index contributed by atoms with van der Waals surface area (Å²) in [5.74, 6) is 1.09. The summed E-state index contributed by atoms with van der Waals surface area (Å²) in [6.07, 6.45) is 1.49. The molecular formula is C18H24N4O4. The van der Waals surface area contributed by atoms with Gasteiger partial charge in [-0.15, -0.1) is 0 Å². The van der Waals surface area contributed by atoms with E-state index in [-0.39, 0.29) is 11.1 Å². The average molecular weight is 360 g/mol. The van der Waals surface area contributed by atoms with Crippen LogP contribution in [0.3, 0.4) is 0 Å². The molecule has 8 nitrogen and oxygen atoms in total. The third-order valence-electron chi connectivity index (χ3n) is 3.69. The molecule has 0 unspecified atom stereocenters. The van der Waals surface area contributed by atoms with Gasteiger partial charge in [-0.3, -0.25) is 9.89 Å². The fourth-order valence-corrected chi connectivity index (χ4v) is 2.22. The van der Waals surface area contributed by atoms with Gasteiger partial charge in [0.15, 0.2) is 17.2 Å². The highest BCUT2D eigenvalue weighted by atomic mass is 16.5. The molecule has 8 heteroatoms. The number of hydrogen-bond acceptors (Lipinski definition) is 6. The zero-order valence-electron chi connectivity index (χ0n) is 15.8. The van der Waals surface area contributed by atoms with Crippen molar-refractivity contribution in [2.75, 3.05) is 21.3 Å². The number of ether oxygens (including phenoxy) is 3. The van der Waals surface area contributed by atoms with Crippen LogP contribution in [0, 0.1) is 0 Å². The third-order valence-corrected chi connectivity index (χ3v) is 3.69. The second kappa shape index (κ2) is 7.90. The number of nitrogens with one attached hydrogen (secondary N) is 2. The Morgan fingerprint density at radius 2 is 1.73 bits per heavy atom. The second-order valence-corrected chi connectivity index (χ2v) is 6.57. The summed E-state index contributed by atoms with van der Waals surface area (Å²) >= 11 is 0. The average Bonchev–Trinajstić information content (AvgIpc) is 3.11. The Hall–Kier alpha value is -3.03. The van der Waals surface area contributed by atoms with E-state index >= 15 is 0 Å². The van der Waals surface area contributed by atoms with Crippen LogP contribution in [-0.4, -0.2) is 43.6 Å². The van der Waals surface area contributed by atoms with E-state index in [1.807, 2.05) is 20.8 Å². The Morgan fingerprint density at radius 1 is 1.12 bits per heavy atom. The molecule has 26 heavy (non-hydrogen) atoms. The number of carbonyl (C=O) groups excluding carboxylic acids is 1. The quantitative estimate of drug-likeness (QED) is 0.609. The van der Waals surface area contributed by atoms with Crippen LogP contribution in [0.25, 0.3) is 0 Å². The first-order valence-corrected chi connectivity index (χ1v) is 7.99. The fraction of sp³-hybridized carbons (Fsp3) is 0.389. The maximum Gasteiger partial charge on any atom is 0.291 e. The normalized spacial score (nSPS) is 11.5. The van der Waals surface area contributed by atoms with Crippen LogP contribution >= 0.6 is 0 Å². The van der Waals surface area contributed by atoms with Crippen LogP contribution in [0.15, 0.2) is 23.3 Å². The van der Waals surface area contributed by atoms with Gasteiger partial charge in [-0.05, 0) is 18.2 Å². The predicted octanol–water partition coefficient (Wildman–Crippen LogP) is 2.50. The maximum atomic E-state index is 12.1. The van der Waals surface area contributed by atoms with E-state index in [1.165, 1.54) is 27.5 Å². The molecule has 1 aromatic heterocycles. The SMILES string of the molecule is COc1cc(/C=N/NC(=O)c2cc(C(C)(C)C)[nH]n2)cc(OC)c1OC. The smallest absolute Gasteiger partial charge is 0.291 e. The number of hydrogen-bond donors (Lipinski definition) is 2. The van der Waals surface area contributed by atoms with Gasteiger partial charge >= 0.3 is 0 Å². The first kappa shape index (κ1) is 19.3. The van der Waals surface area contributed by atoms with E-state index in [9.17, 15) is 4.79 Å². The molecule has 2 aromatic rings. The number of H-pyrrole nitrogens is 1. The number of rotatable bonds is 6. The van der Waals surface area contributed by atoms with Crippen molar-refractivity contribution in [1.29, 1.82) is 0 Å². The highest BCUT2D eigenvalue weighted by Gasteiger charge is 2.19. The van der Waals surface area contributed by atoms with Gasteiger partial charge in [0.05, 0.1) is 27.5 Å². The van der Waals surface area contributed by atoms with E-state index in [0.29, 0.717) is 22.8 Å². The number of methoxy groups -OCH3 is 3. The Labute approximate surface area is 152 Å². The van der Waals surface area contributed by atoms with E-state index < -0.39 is 5.91 Å². The Morgan fingerprint density at radius 3 is 2.19 bits per heavy atom. The highest BCUT2D eigenvalue weighted by Crippen LogP contribution is 2.37. The standard InChI is InChI=1S/C18H24N4O4/c1-18(2,3)15-9-12(20-21-15)17(23)22-19-10-11-7-13(24-4)16(26-6)14(8-11)25-5/h7-10H,1-6H3,(H,20,21)(H,22,23)/b19-10+. The monoisotopic (exact) mass is 360 g/mol. The number of nitrogens with zero attached hydrogens (tertiary/aromatic N) is 2. The van der Waals surface area contributed by atoms with Crippen molar-refractivity contribution >= 4 is 12.1 Å². The van der Waals surface area contributed by atoms with Crippen molar-refractivity contribution in [2.45, 2.75) is 26.2 Å². The first-order valence-electron chi connectivity index (χ1n) is 7.99. The molecule has 2 N–H and O–H groups in total. The van der Waals surface area contributed by atoms with Crippen LogP contribution < -0.4 is 19.6 Å².